The summed E-state index contributed by atoms with van der Waals surface area (Å²) < 4.78 is 0. The van der Waals surface area contributed by atoms with Gasteiger partial charge >= 0.3 is 0 Å². The maximum absolute atomic E-state index is 13.0. The fourth-order valence-corrected chi connectivity index (χ4v) is 3.56. The number of primary amides is 1. The summed E-state index contributed by atoms with van der Waals surface area (Å²) in [7, 11) is 0. The standard InChI is InChI=1S/C21H20ClN3O4/c1-11(2)9-17(25-20(28)13-5-3-4-6-14(13)21(25)29)19(27)24-12-7-8-15(18(23)26)16(22)10-12/h3-8,10-11,17H,9H2,1-2H3,(H2,23,26)(H,24,27). The summed E-state index contributed by atoms with van der Waals surface area (Å²) >= 11 is 6.04. The molecule has 0 spiro atoms. The highest BCUT2D eigenvalue weighted by Crippen LogP contribution is 2.28. The van der Waals surface area contributed by atoms with Gasteiger partial charge in [-0.15, -0.1) is 0 Å². The molecule has 0 aliphatic carbocycles. The molecule has 7 nitrogen and oxygen atoms in total. The van der Waals surface area contributed by atoms with Gasteiger partial charge in [0.15, 0.2) is 0 Å². The van der Waals surface area contributed by atoms with Crippen LogP contribution in [0.15, 0.2) is 42.5 Å². The number of nitrogens with two attached hydrogens (primary N) is 1. The lowest BCUT2D eigenvalue weighted by Crippen LogP contribution is -2.47. The van der Waals surface area contributed by atoms with Crippen molar-refractivity contribution in [3.8, 4) is 0 Å². The summed E-state index contributed by atoms with van der Waals surface area (Å²) in [6.45, 7) is 3.80. The van der Waals surface area contributed by atoms with E-state index in [2.05, 4.69) is 5.32 Å². The minimum Gasteiger partial charge on any atom is -0.366 e. The summed E-state index contributed by atoms with van der Waals surface area (Å²) in [6.07, 6.45) is 0.296. The van der Waals surface area contributed by atoms with Gasteiger partial charge in [-0.05, 0) is 42.7 Å². The maximum atomic E-state index is 13.0. The van der Waals surface area contributed by atoms with Crippen LogP contribution in [-0.2, 0) is 4.79 Å². The first-order chi connectivity index (χ1) is 13.7. The Hall–Kier alpha value is -3.19. The highest BCUT2D eigenvalue weighted by atomic mass is 35.5. The van der Waals surface area contributed by atoms with Crippen LogP contribution in [0.25, 0.3) is 0 Å². The predicted octanol–water partition coefficient (Wildman–Crippen LogP) is 3.09. The molecule has 0 radical (unpaired) electrons. The summed E-state index contributed by atoms with van der Waals surface area (Å²) in [5, 5.41) is 2.77. The Balaban J connectivity index is 1.89. The van der Waals surface area contributed by atoms with Crippen LogP contribution in [0.3, 0.4) is 0 Å². The molecule has 8 heteroatoms. The quantitative estimate of drug-likeness (QED) is 0.709. The fraction of sp³-hybridized carbons (Fsp3) is 0.238. The van der Waals surface area contributed by atoms with E-state index in [0.717, 1.165) is 4.90 Å². The van der Waals surface area contributed by atoms with Gasteiger partial charge < -0.3 is 11.1 Å². The second-order valence-electron chi connectivity index (χ2n) is 7.22. The van der Waals surface area contributed by atoms with Crippen molar-refractivity contribution >= 4 is 40.9 Å². The van der Waals surface area contributed by atoms with Crippen LogP contribution in [0.5, 0.6) is 0 Å². The average molecular weight is 414 g/mol. The lowest BCUT2D eigenvalue weighted by Gasteiger charge is -2.26. The van der Waals surface area contributed by atoms with Crippen LogP contribution in [-0.4, -0.2) is 34.6 Å². The lowest BCUT2D eigenvalue weighted by atomic mass is 10.0. The predicted molar refractivity (Wildman–Crippen MR) is 109 cm³/mol. The topological polar surface area (TPSA) is 110 Å². The van der Waals surface area contributed by atoms with E-state index in [1.54, 1.807) is 24.3 Å². The molecule has 1 heterocycles. The van der Waals surface area contributed by atoms with E-state index < -0.39 is 29.7 Å². The van der Waals surface area contributed by atoms with Crippen LogP contribution in [0, 0.1) is 5.92 Å². The van der Waals surface area contributed by atoms with Crippen molar-refractivity contribution in [2.75, 3.05) is 5.32 Å². The second-order valence-corrected chi connectivity index (χ2v) is 7.63. The van der Waals surface area contributed by atoms with E-state index in [4.69, 9.17) is 17.3 Å². The van der Waals surface area contributed by atoms with Crippen LogP contribution < -0.4 is 11.1 Å². The molecule has 3 rings (SSSR count). The normalized spacial score (nSPS) is 14.1. The van der Waals surface area contributed by atoms with Crippen LogP contribution in [0.4, 0.5) is 5.69 Å². The largest absolute Gasteiger partial charge is 0.366 e. The van der Waals surface area contributed by atoms with Crippen LogP contribution in [0.1, 0.15) is 51.3 Å². The molecule has 1 unspecified atom stereocenters. The SMILES string of the molecule is CC(C)CC(C(=O)Nc1ccc(C(N)=O)c(Cl)c1)N1C(=O)c2ccccc2C1=O. The third kappa shape index (κ3) is 4.00. The number of benzene rings is 2. The summed E-state index contributed by atoms with van der Waals surface area (Å²) in [6, 6.07) is 9.79. The molecule has 0 fully saturated rings. The number of nitrogens with zero attached hydrogens (tertiary/aromatic N) is 1. The third-order valence-electron chi connectivity index (χ3n) is 4.64. The zero-order valence-corrected chi connectivity index (χ0v) is 16.7. The molecule has 3 N–H and O–H groups in total. The number of anilines is 1. The molecule has 2 aromatic carbocycles. The van der Waals surface area contributed by atoms with Gasteiger partial charge in [0.25, 0.3) is 11.8 Å². The summed E-state index contributed by atoms with van der Waals surface area (Å²) in [4.78, 5) is 51.0. The van der Waals surface area contributed by atoms with E-state index in [9.17, 15) is 19.2 Å². The minimum absolute atomic E-state index is 0.0517. The number of rotatable bonds is 6. The Bertz CT molecular complexity index is 984. The highest BCUT2D eigenvalue weighted by Gasteiger charge is 2.42. The molecule has 0 bridgehead atoms. The number of hydrogen-bond acceptors (Lipinski definition) is 4. The number of nitrogens with one attached hydrogen (secondary N) is 1. The molecule has 150 valence electrons. The molecule has 2 aromatic rings. The smallest absolute Gasteiger partial charge is 0.262 e. The number of halogens is 1. The van der Waals surface area contributed by atoms with Crippen molar-refractivity contribution in [2.24, 2.45) is 11.7 Å². The molecule has 29 heavy (non-hydrogen) atoms. The molecule has 0 aromatic heterocycles. The monoisotopic (exact) mass is 413 g/mol. The van der Waals surface area contributed by atoms with Gasteiger partial charge in [-0.25, -0.2) is 0 Å². The molecule has 4 amide bonds. The molecule has 1 aliphatic heterocycles. The van der Waals surface area contributed by atoms with E-state index in [1.807, 2.05) is 13.8 Å². The minimum atomic E-state index is -0.989. The van der Waals surface area contributed by atoms with Gasteiger partial charge in [0.05, 0.1) is 21.7 Å². The number of fused-ring (bicyclic) bond motifs is 1. The lowest BCUT2D eigenvalue weighted by molar-refractivity contribution is -0.120. The van der Waals surface area contributed by atoms with Gasteiger partial charge in [-0.1, -0.05) is 37.6 Å². The Morgan fingerprint density at radius 3 is 2.14 bits per heavy atom. The highest BCUT2D eigenvalue weighted by molar-refractivity contribution is 6.34. The Kier molecular flexibility index (Phi) is 5.70. The Morgan fingerprint density at radius 2 is 1.66 bits per heavy atom. The van der Waals surface area contributed by atoms with E-state index in [0.29, 0.717) is 12.1 Å². The Morgan fingerprint density at radius 1 is 1.07 bits per heavy atom. The van der Waals surface area contributed by atoms with Crippen LogP contribution in [0.2, 0.25) is 5.02 Å². The summed E-state index contributed by atoms with van der Waals surface area (Å²) in [5.74, 6) is -2.13. The number of carbonyl (C=O) groups excluding carboxylic acids is 4. The van der Waals surface area contributed by atoms with Gasteiger partial charge in [0.1, 0.15) is 6.04 Å². The van der Waals surface area contributed by atoms with Crippen molar-refractivity contribution in [1.29, 1.82) is 0 Å². The first kappa shape index (κ1) is 20.5. The fourth-order valence-electron chi connectivity index (χ4n) is 3.29. The van der Waals surface area contributed by atoms with E-state index >= 15 is 0 Å². The molecular formula is C21H20ClN3O4. The average Bonchev–Trinajstić information content (AvgIpc) is 2.90. The first-order valence-electron chi connectivity index (χ1n) is 9.07. The van der Waals surface area contributed by atoms with Crippen LogP contribution >= 0.6 is 11.6 Å². The zero-order valence-electron chi connectivity index (χ0n) is 15.9. The third-order valence-corrected chi connectivity index (χ3v) is 4.95. The number of carbonyl (C=O) groups is 4. The van der Waals surface area contributed by atoms with E-state index in [1.165, 1.54) is 18.2 Å². The number of amides is 4. The number of hydrogen-bond donors (Lipinski definition) is 2. The van der Waals surface area contributed by atoms with Crippen molar-refractivity contribution in [3.63, 3.8) is 0 Å². The van der Waals surface area contributed by atoms with E-state index in [-0.39, 0.29) is 27.6 Å². The van der Waals surface area contributed by atoms with Crippen molar-refractivity contribution < 1.29 is 19.2 Å². The van der Waals surface area contributed by atoms with Gasteiger partial charge in [-0.3, -0.25) is 24.1 Å². The Labute approximate surface area is 172 Å². The maximum Gasteiger partial charge on any atom is 0.262 e. The first-order valence-corrected chi connectivity index (χ1v) is 9.45. The molecule has 0 saturated heterocycles. The van der Waals surface area contributed by atoms with Gasteiger partial charge in [0, 0.05) is 5.69 Å². The molecular weight excluding hydrogens is 394 g/mol. The van der Waals surface area contributed by atoms with Crippen molar-refractivity contribution in [2.45, 2.75) is 26.3 Å². The van der Waals surface area contributed by atoms with Crippen molar-refractivity contribution in [3.05, 3.63) is 64.2 Å². The molecule has 1 atom stereocenters. The number of imide groups is 1. The molecule has 0 saturated carbocycles. The van der Waals surface area contributed by atoms with Crippen molar-refractivity contribution in [1.82, 2.24) is 4.90 Å². The molecule has 1 aliphatic rings. The summed E-state index contributed by atoms with van der Waals surface area (Å²) in [5.41, 5.74) is 6.26. The van der Waals surface area contributed by atoms with Gasteiger partial charge in [0.2, 0.25) is 11.8 Å². The zero-order chi connectivity index (χ0) is 21.3. The second kappa shape index (κ2) is 8.05. The van der Waals surface area contributed by atoms with Gasteiger partial charge in [-0.2, -0.15) is 0 Å².